The highest BCUT2D eigenvalue weighted by Crippen LogP contribution is 2.34. The van der Waals surface area contributed by atoms with Gasteiger partial charge in [0.15, 0.2) is 5.82 Å². The highest BCUT2D eigenvalue weighted by atomic mass is 19.1. The number of imide groups is 1. The molecular formula is C24H21FN6O4. The van der Waals surface area contributed by atoms with Crippen LogP contribution in [0.2, 0.25) is 0 Å². The summed E-state index contributed by atoms with van der Waals surface area (Å²) in [5, 5.41) is 16.3. The molecule has 2 aromatic heterocycles. The van der Waals surface area contributed by atoms with Crippen LogP contribution in [0.3, 0.4) is 0 Å². The average Bonchev–Trinajstić information content (AvgIpc) is 3.35. The standard InChI is InChI=1S/C24H21FN6O4/c1-13(32)27-19-8-9-31(29-19)18-10-16(20-14(11-26)6-5-7-15(20)25)28-17-12-30(22(33)21(17)18)23(34)35-24(2,3)4/h5-10H,12H2,1-4H3,(H,27,29,32). The number of amides is 3. The Labute approximate surface area is 199 Å². The molecule has 11 heteroatoms. The van der Waals surface area contributed by atoms with Crippen molar-refractivity contribution in [3.05, 3.63) is 59.2 Å². The number of ether oxygens (including phenoxy) is 1. The number of carbonyl (C=O) groups excluding carboxylic acids is 3. The maximum atomic E-state index is 14.8. The van der Waals surface area contributed by atoms with Crippen LogP contribution in [0.15, 0.2) is 36.5 Å². The first-order valence-corrected chi connectivity index (χ1v) is 10.6. The van der Waals surface area contributed by atoms with E-state index in [1.807, 2.05) is 6.07 Å². The minimum Gasteiger partial charge on any atom is -0.443 e. The third kappa shape index (κ3) is 4.59. The molecule has 1 aliphatic heterocycles. The summed E-state index contributed by atoms with van der Waals surface area (Å²) in [5.41, 5.74) is -0.275. The van der Waals surface area contributed by atoms with Gasteiger partial charge >= 0.3 is 6.09 Å². The first-order valence-electron chi connectivity index (χ1n) is 10.6. The number of anilines is 1. The molecule has 3 aromatic rings. The van der Waals surface area contributed by atoms with Gasteiger partial charge < -0.3 is 10.1 Å². The van der Waals surface area contributed by atoms with Crippen LogP contribution in [0.1, 0.15) is 49.3 Å². The molecule has 0 spiro atoms. The van der Waals surface area contributed by atoms with Gasteiger partial charge in [0, 0.05) is 19.2 Å². The molecule has 10 nitrogen and oxygen atoms in total. The Bertz CT molecular complexity index is 1420. The van der Waals surface area contributed by atoms with E-state index >= 15 is 0 Å². The fraction of sp³-hybridized carbons (Fsp3) is 0.250. The Morgan fingerprint density at radius 2 is 1.97 bits per heavy atom. The van der Waals surface area contributed by atoms with Crippen LogP contribution in [0.4, 0.5) is 15.0 Å². The molecule has 35 heavy (non-hydrogen) atoms. The molecule has 0 aliphatic carbocycles. The summed E-state index contributed by atoms with van der Waals surface area (Å²) in [7, 11) is 0. The zero-order valence-corrected chi connectivity index (χ0v) is 19.4. The molecule has 1 N–H and O–H groups in total. The van der Waals surface area contributed by atoms with Crippen molar-refractivity contribution in [1.29, 1.82) is 5.26 Å². The van der Waals surface area contributed by atoms with Gasteiger partial charge in [0.1, 0.15) is 11.4 Å². The number of hydrogen-bond acceptors (Lipinski definition) is 7. The van der Waals surface area contributed by atoms with Crippen LogP contribution < -0.4 is 5.32 Å². The molecule has 0 unspecified atom stereocenters. The van der Waals surface area contributed by atoms with Gasteiger partial charge in [-0.15, -0.1) is 0 Å². The zero-order valence-electron chi connectivity index (χ0n) is 19.4. The lowest BCUT2D eigenvalue weighted by molar-refractivity contribution is -0.114. The maximum Gasteiger partial charge on any atom is 0.417 e. The number of benzene rings is 1. The van der Waals surface area contributed by atoms with Crippen molar-refractivity contribution < 1.29 is 23.5 Å². The highest BCUT2D eigenvalue weighted by molar-refractivity contribution is 6.08. The average molecular weight is 476 g/mol. The summed E-state index contributed by atoms with van der Waals surface area (Å²) in [6.45, 7) is 6.14. The number of nitrogens with zero attached hydrogens (tertiary/aromatic N) is 5. The topological polar surface area (TPSA) is 130 Å². The number of pyridine rings is 1. The Kier molecular flexibility index (Phi) is 5.82. The van der Waals surface area contributed by atoms with Crippen molar-refractivity contribution >= 4 is 23.7 Å². The first kappa shape index (κ1) is 23.6. The lowest BCUT2D eigenvalue weighted by Crippen LogP contribution is -2.37. The number of halogens is 1. The Hall–Kier alpha value is -4.59. The van der Waals surface area contributed by atoms with E-state index in [9.17, 15) is 24.0 Å². The third-order valence-corrected chi connectivity index (χ3v) is 4.98. The number of aromatic nitrogens is 3. The maximum absolute atomic E-state index is 14.8. The summed E-state index contributed by atoms with van der Waals surface area (Å²) in [4.78, 5) is 42.8. The molecule has 4 rings (SSSR count). The number of rotatable bonds is 3. The molecule has 1 aromatic carbocycles. The third-order valence-electron chi connectivity index (χ3n) is 4.98. The van der Waals surface area contributed by atoms with Crippen molar-refractivity contribution in [2.45, 2.75) is 39.8 Å². The van der Waals surface area contributed by atoms with Gasteiger partial charge in [-0.3, -0.25) is 9.59 Å². The first-order chi connectivity index (χ1) is 16.5. The molecule has 0 atom stereocenters. The molecule has 0 saturated heterocycles. The van der Waals surface area contributed by atoms with Crippen molar-refractivity contribution in [2.24, 2.45) is 0 Å². The quantitative estimate of drug-likeness (QED) is 0.608. The summed E-state index contributed by atoms with van der Waals surface area (Å²) in [6.07, 6.45) is 0.650. The molecule has 1 aliphatic rings. The normalized spacial score (nSPS) is 12.8. The second-order valence-electron chi connectivity index (χ2n) is 8.82. The van der Waals surface area contributed by atoms with Crippen molar-refractivity contribution in [3.63, 3.8) is 0 Å². The van der Waals surface area contributed by atoms with Gasteiger partial charge in [-0.1, -0.05) is 6.07 Å². The Morgan fingerprint density at radius 1 is 1.23 bits per heavy atom. The smallest absolute Gasteiger partial charge is 0.417 e. The monoisotopic (exact) mass is 476 g/mol. The number of hydrogen-bond donors (Lipinski definition) is 1. The minimum atomic E-state index is -0.851. The van der Waals surface area contributed by atoms with Crippen LogP contribution in [0.5, 0.6) is 0 Å². The van der Waals surface area contributed by atoms with Gasteiger partial charge in [-0.2, -0.15) is 10.4 Å². The number of nitriles is 1. The van der Waals surface area contributed by atoms with Crippen molar-refractivity contribution in [3.8, 4) is 23.0 Å². The lowest BCUT2D eigenvalue weighted by atomic mass is 10.0. The van der Waals surface area contributed by atoms with Crippen molar-refractivity contribution in [1.82, 2.24) is 19.7 Å². The van der Waals surface area contributed by atoms with Gasteiger partial charge in [-0.05, 0) is 39.0 Å². The number of carbonyl (C=O) groups is 3. The van der Waals surface area contributed by atoms with Crippen LogP contribution >= 0.6 is 0 Å². The van der Waals surface area contributed by atoms with E-state index in [-0.39, 0.29) is 52.0 Å². The van der Waals surface area contributed by atoms with E-state index in [0.29, 0.717) is 0 Å². The summed E-state index contributed by atoms with van der Waals surface area (Å²) in [5.74, 6) is -1.44. The van der Waals surface area contributed by atoms with Crippen LogP contribution in [0, 0.1) is 17.1 Å². The molecule has 178 valence electrons. The van der Waals surface area contributed by atoms with E-state index in [1.165, 1.54) is 48.1 Å². The van der Waals surface area contributed by atoms with E-state index in [1.54, 1.807) is 20.8 Å². The van der Waals surface area contributed by atoms with Gasteiger partial charge in [-0.25, -0.2) is 23.8 Å². The fourth-order valence-electron chi connectivity index (χ4n) is 3.64. The molecule has 0 saturated carbocycles. The molecule has 3 heterocycles. The Morgan fingerprint density at radius 3 is 2.63 bits per heavy atom. The van der Waals surface area contributed by atoms with Gasteiger partial charge in [0.2, 0.25) is 5.91 Å². The largest absolute Gasteiger partial charge is 0.443 e. The second-order valence-corrected chi connectivity index (χ2v) is 8.82. The van der Waals surface area contributed by atoms with Crippen molar-refractivity contribution in [2.75, 3.05) is 5.32 Å². The van der Waals surface area contributed by atoms with E-state index in [4.69, 9.17) is 4.74 Å². The summed E-state index contributed by atoms with van der Waals surface area (Å²) >= 11 is 0. The fourth-order valence-corrected chi connectivity index (χ4v) is 3.64. The minimum absolute atomic E-state index is 0.0449. The van der Waals surface area contributed by atoms with Gasteiger partial charge in [0.25, 0.3) is 5.91 Å². The Balaban J connectivity index is 1.89. The molecule has 0 fully saturated rings. The highest BCUT2D eigenvalue weighted by Gasteiger charge is 2.39. The molecular weight excluding hydrogens is 455 g/mol. The van der Waals surface area contributed by atoms with Crippen LogP contribution in [-0.4, -0.2) is 43.2 Å². The van der Waals surface area contributed by atoms with E-state index in [2.05, 4.69) is 15.4 Å². The van der Waals surface area contributed by atoms with E-state index in [0.717, 1.165) is 4.90 Å². The van der Waals surface area contributed by atoms with Crippen LogP contribution in [-0.2, 0) is 16.1 Å². The summed E-state index contributed by atoms with van der Waals surface area (Å²) in [6, 6.07) is 8.94. The predicted molar refractivity (Wildman–Crippen MR) is 122 cm³/mol. The zero-order chi connectivity index (χ0) is 25.5. The van der Waals surface area contributed by atoms with Crippen LogP contribution in [0.25, 0.3) is 16.9 Å². The molecule has 3 amide bonds. The van der Waals surface area contributed by atoms with Gasteiger partial charge in [0.05, 0.1) is 46.4 Å². The number of fused-ring (bicyclic) bond motifs is 1. The van der Waals surface area contributed by atoms with E-state index < -0.39 is 23.4 Å². The predicted octanol–water partition coefficient (Wildman–Crippen LogP) is 3.79. The second kappa shape index (κ2) is 8.64. The SMILES string of the molecule is CC(=O)Nc1ccn(-c2cc(-c3c(F)cccc3C#N)nc3c2C(=O)N(C(=O)OC(C)(C)C)C3)n1. The molecule has 0 bridgehead atoms. The lowest BCUT2D eigenvalue weighted by Gasteiger charge is -2.23. The molecule has 0 radical (unpaired) electrons. The summed E-state index contributed by atoms with van der Waals surface area (Å²) < 4.78 is 21.5. The number of nitrogens with one attached hydrogen (secondary N) is 1.